The van der Waals surface area contributed by atoms with Crippen LogP contribution in [0.3, 0.4) is 0 Å². The topological polar surface area (TPSA) is 93.6 Å². The molecule has 0 atom stereocenters. The Balaban J connectivity index is 1.55. The van der Waals surface area contributed by atoms with Crippen LogP contribution in [0, 0.1) is 0 Å². The van der Waals surface area contributed by atoms with E-state index in [0.29, 0.717) is 16.6 Å². The Bertz CT molecular complexity index is 1430. The second-order valence-electron chi connectivity index (χ2n) is 7.79. The van der Waals surface area contributed by atoms with Crippen LogP contribution in [-0.2, 0) is 22.7 Å². The van der Waals surface area contributed by atoms with E-state index in [1.165, 1.54) is 11.8 Å². The molecule has 0 bridgehead atoms. The van der Waals surface area contributed by atoms with Crippen LogP contribution in [0.5, 0.6) is 0 Å². The second kappa shape index (κ2) is 9.36. The lowest BCUT2D eigenvalue weighted by molar-refractivity contribution is -0.122. The van der Waals surface area contributed by atoms with Gasteiger partial charge in [-0.3, -0.25) is 19.5 Å². The third-order valence-electron chi connectivity index (χ3n) is 5.36. The van der Waals surface area contributed by atoms with Crippen LogP contribution in [0.15, 0.2) is 95.2 Å². The van der Waals surface area contributed by atoms with E-state index in [-0.39, 0.29) is 12.5 Å². The van der Waals surface area contributed by atoms with Crippen molar-refractivity contribution in [3.63, 3.8) is 0 Å². The molecule has 7 nitrogen and oxygen atoms in total. The normalized spacial score (nSPS) is 16.1. The van der Waals surface area contributed by atoms with Crippen molar-refractivity contribution in [2.24, 2.45) is 10.7 Å². The largest absolute Gasteiger partial charge is 0.368 e. The maximum atomic E-state index is 13.5. The molecule has 2 amide bonds. The summed E-state index contributed by atoms with van der Waals surface area (Å²) in [6.45, 7) is 0.435. The van der Waals surface area contributed by atoms with Crippen LogP contribution in [0.4, 0.5) is 5.69 Å². The number of thioether (sulfide) groups is 1. The van der Waals surface area contributed by atoms with E-state index in [0.717, 1.165) is 27.7 Å². The summed E-state index contributed by atoms with van der Waals surface area (Å²) in [6.07, 6.45) is 7.16. The highest BCUT2D eigenvalue weighted by atomic mass is 32.2. The van der Waals surface area contributed by atoms with E-state index >= 15 is 0 Å². The zero-order valence-corrected chi connectivity index (χ0v) is 19.0. The number of nitrogens with zero attached hydrogens (tertiary/aromatic N) is 4. The number of primary amides is 1. The van der Waals surface area contributed by atoms with Crippen molar-refractivity contribution < 1.29 is 9.59 Å². The van der Waals surface area contributed by atoms with Crippen molar-refractivity contribution in [1.29, 1.82) is 0 Å². The van der Waals surface area contributed by atoms with Crippen LogP contribution in [-0.4, -0.2) is 31.4 Å². The number of aliphatic imine (C=N–C) groups is 1. The van der Waals surface area contributed by atoms with Crippen molar-refractivity contribution in [3.8, 4) is 0 Å². The zero-order valence-electron chi connectivity index (χ0n) is 18.2. The summed E-state index contributed by atoms with van der Waals surface area (Å²) < 4.78 is 1.81. The highest BCUT2D eigenvalue weighted by molar-refractivity contribution is 8.18. The second-order valence-corrected chi connectivity index (χ2v) is 8.80. The minimum Gasteiger partial charge on any atom is -0.368 e. The Labute approximate surface area is 200 Å². The number of fused-ring (bicyclic) bond motifs is 1. The van der Waals surface area contributed by atoms with Gasteiger partial charge < -0.3 is 10.3 Å². The number of hydrogen-bond acceptors (Lipinski definition) is 5. The van der Waals surface area contributed by atoms with Crippen LogP contribution >= 0.6 is 11.8 Å². The summed E-state index contributed by atoms with van der Waals surface area (Å²) in [6, 6.07) is 21.1. The maximum absolute atomic E-state index is 13.5. The van der Waals surface area contributed by atoms with Gasteiger partial charge in [0.15, 0.2) is 5.17 Å². The third kappa shape index (κ3) is 4.49. The fraction of sp³-hybridized carbons (Fsp3) is 0.0769. The fourth-order valence-electron chi connectivity index (χ4n) is 3.85. The summed E-state index contributed by atoms with van der Waals surface area (Å²) in [7, 11) is 0. The van der Waals surface area contributed by atoms with Crippen LogP contribution in [0.25, 0.3) is 17.0 Å². The molecule has 2 aromatic heterocycles. The average molecular weight is 468 g/mol. The lowest BCUT2D eigenvalue weighted by Gasteiger charge is -2.15. The van der Waals surface area contributed by atoms with E-state index in [4.69, 9.17) is 10.7 Å². The van der Waals surface area contributed by atoms with Crippen molar-refractivity contribution >= 4 is 51.4 Å². The quantitative estimate of drug-likeness (QED) is 0.427. The Kier molecular flexibility index (Phi) is 5.97. The predicted molar refractivity (Wildman–Crippen MR) is 135 cm³/mol. The lowest BCUT2D eigenvalue weighted by atomic mass is 10.1. The molecule has 3 heterocycles. The Morgan fingerprint density at radius 2 is 1.85 bits per heavy atom. The molecule has 1 aliphatic rings. The van der Waals surface area contributed by atoms with Crippen molar-refractivity contribution in [3.05, 3.63) is 101 Å². The molecular weight excluding hydrogens is 446 g/mol. The average Bonchev–Trinajstić information content (AvgIpc) is 3.33. The molecular formula is C26H21N5O2S. The number of hydrogen-bond donors (Lipinski definition) is 1. The molecule has 168 valence electrons. The molecule has 0 aliphatic carbocycles. The van der Waals surface area contributed by atoms with Gasteiger partial charge in [-0.1, -0.05) is 42.5 Å². The molecule has 2 aromatic carbocycles. The monoisotopic (exact) mass is 467 g/mol. The first-order valence-electron chi connectivity index (χ1n) is 10.7. The van der Waals surface area contributed by atoms with E-state index in [1.807, 2.05) is 79.0 Å². The predicted octanol–water partition coefficient (Wildman–Crippen LogP) is 4.33. The zero-order chi connectivity index (χ0) is 23.5. The van der Waals surface area contributed by atoms with Gasteiger partial charge in [0.05, 0.1) is 17.1 Å². The van der Waals surface area contributed by atoms with Crippen molar-refractivity contribution in [1.82, 2.24) is 14.5 Å². The van der Waals surface area contributed by atoms with Gasteiger partial charge >= 0.3 is 0 Å². The summed E-state index contributed by atoms with van der Waals surface area (Å²) in [4.78, 5) is 36.2. The van der Waals surface area contributed by atoms with Crippen molar-refractivity contribution in [2.75, 3.05) is 0 Å². The fourth-order valence-corrected chi connectivity index (χ4v) is 4.84. The molecule has 8 heteroatoms. The van der Waals surface area contributed by atoms with Crippen LogP contribution in [0.2, 0.25) is 0 Å². The lowest BCUT2D eigenvalue weighted by Crippen LogP contribution is -2.28. The summed E-state index contributed by atoms with van der Waals surface area (Å²) in [5.41, 5.74) is 8.84. The number of nitrogens with two attached hydrogens (primary N) is 1. The van der Waals surface area contributed by atoms with Gasteiger partial charge in [-0.2, -0.15) is 0 Å². The molecule has 1 fully saturated rings. The summed E-state index contributed by atoms with van der Waals surface area (Å²) in [5.74, 6) is -0.554. The summed E-state index contributed by atoms with van der Waals surface area (Å²) in [5, 5.41) is 1.55. The van der Waals surface area contributed by atoms with E-state index in [9.17, 15) is 9.59 Å². The number of amides is 2. The van der Waals surface area contributed by atoms with E-state index in [1.54, 1.807) is 21.9 Å². The minimum atomic E-state index is -0.425. The highest BCUT2D eigenvalue weighted by Crippen LogP contribution is 2.36. The molecule has 0 radical (unpaired) electrons. The minimum absolute atomic E-state index is 0.0681. The standard InChI is InChI=1S/C26H21N5O2S/c27-24(32)17-30-16-19(21-10-4-5-11-22(21)30)13-23-25(33)31(15-18-7-6-12-28-14-18)26(34-23)29-20-8-2-1-3-9-20/h1-14,16H,15,17H2,(H2,27,32)/b23-13-,29-26?. The Morgan fingerprint density at radius 3 is 2.62 bits per heavy atom. The number of pyridine rings is 1. The molecule has 34 heavy (non-hydrogen) atoms. The number of amidine groups is 1. The van der Waals surface area contributed by atoms with Gasteiger partial charge in [-0.25, -0.2) is 4.99 Å². The smallest absolute Gasteiger partial charge is 0.267 e. The third-order valence-corrected chi connectivity index (χ3v) is 6.37. The molecule has 4 aromatic rings. The molecule has 0 spiro atoms. The number of carbonyl (C=O) groups excluding carboxylic acids is 2. The molecule has 2 N–H and O–H groups in total. The van der Waals surface area contributed by atoms with Gasteiger partial charge in [0.25, 0.3) is 5.91 Å². The van der Waals surface area contributed by atoms with Gasteiger partial charge in [0.2, 0.25) is 5.91 Å². The van der Waals surface area contributed by atoms with Crippen molar-refractivity contribution in [2.45, 2.75) is 13.1 Å². The number of para-hydroxylation sites is 2. The van der Waals surface area contributed by atoms with Crippen LogP contribution in [0.1, 0.15) is 11.1 Å². The number of aromatic nitrogens is 2. The van der Waals surface area contributed by atoms with Gasteiger partial charge in [0.1, 0.15) is 6.54 Å². The molecule has 1 aliphatic heterocycles. The SMILES string of the molecule is NC(=O)Cn1cc(/C=C2\SC(=Nc3ccccc3)N(Cc3cccnc3)C2=O)c2ccccc21. The van der Waals surface area contributed by atoms with E-state index < -0.39 is 5.91 Å². The number of carbonyl (C=O) groups is 2. The Hall–Kier alpha value is -4.17. The summed E-state index contributed by atoms with van der Waals surface area (Å²) >= 11 is 1.33. The first kappa shape index (κ1) is 21.7. The first-order chi connectivity index (χ1) is 16.6. The number of benzene rings is 2. The van der Waals surface area contributed by atoms with Gasteiger partial charge in [-0.05, 0) is 47.7 Å². The van der Waals surface area contributed by atoms with Crippen LogP contribution < -0.4 is 5.73 Å². The highest BCUT2D eigenvalue weighted by Gasteiger charge is 2.33. The molecule has 1 saturated heterocycles. The maximum Gasteiger partial charge on any atom is 0.267 e. The first-order valence-corrected chi connectivity index (χ1v) is 11.5. The number of rotatable bonds is 6. The van der Waals surface area contributed by atoms with Gasteiger partial charge in [-0.15, -0.1) is 0 Å². The molecule has 5 rings (SSSR count). The van der Waals surface area contributed by atoms with E-state index in [2.05, 4.69) is 4.98 Å². The Morgan fingerprint density at radius 1 is 1.06 bits per heavy atom. The molecule has 0 unspecified atom stereocenters. The van der Waals surface area contributed by atoms with Gasteiger partial charge in [0, 0.05) is 35.1 Å². The molecule has 0 saturated carbocycles.